The summed E-state index contributed by atoms with van der Waals surface area (Å²) in [6.45, 7) is 0. The van der Waals surface area contributed by atoms with E-state index in [-0.39, 0.29) is 11.1 Å². The van der Waals surface area contributed by atoms with E-state index < -0.39 is 15.4 Å². The monoisotopic (exact) mass is 434 g/mol. The highest BCUT2D eigenvalue weighted by Crippen LogP contribution is 2.43. The third-order valence-corrected chi connectivity index (χ3v) is 7.50. The van der Waals surface area contributed by atoms with E-state index in [0.717, 1.165) is 30.6 Å². The van der Waals surface area contributed by atoms with E-state index in [1.165, 1.54) is 12.1 Å². The minimum Gasteiger partial charge on any atom is -0.288 e. The highest BCUT2D eigenvalue weighted by molar-refractivity contribution is 7.49. The molecule has 0 N–H and O–H groups in total. The fourth-order valence-corrected chi connectivity index (χ4v) is 6.12. The highest BCUT2D eigenvalue weighted by atomic mass is 32.2. The molecule has 0 saturated heterocycles. The van der Waals surface area contributed by atoms with Crippen LogP contribution >= 0.6 is 10.5 Å². The molecule has 4 nitrogen and oxygen atoms in total. The normalized spacial score (nSPS) is 10.6. The van der Waals surface area contributed by atoms with Crippen molar-refractivity contribution >= 4 is 36.3 Å². The van der Waals surface area contributed by atoms with Gasteiger partial charge in [-0.05, 0) is 42.5 Å². The quantitative estimate of drug-likeness (QED) is 0.106. The maximum atomic E-state index is 13.0. The van der Waals surface area contributed by atoms with Gasteiger partial charge in [0, 0.05) is 39.8 Å². The smallest absolute Gasteiger partial charge is 0.270 e. The average Bonchev–Trinajstić information content (AvgIpc) is 2.83. The number of benzene rings is 4. The zero-order valence-electron chi connectivity index (χ0n) is 16.8. The molecule has 152 valence electrons. The van der Waals surface area contributed by atoms with Crippen molar-refractivity contribution in [3.05, 3.63) is 129 Å². The molecule has 1 aromatic heterocycles. The molecule has 0 amide bonds. The summed E-state index contributed by atoms with van der Waals surface area (Å²) in [7, 11) is -0.425. The summed E-state index contributed by atoms with van der Waals surface area (Å²) in [5.74, 6) is 6.15. The number of rotatable bonds is 2. The molecule has 0 radical (unpaired) electrons. The molecule has 0 atom stereocenters. The molecule has 0 spiro atoms. The van der Waals surface area contributed by atoms with Crippen molar-refractivity contribution in [3.63, 3.8) is 0 Å². The Kier molecular flexibility index (Phi) is 4.98. The number of nitrogens with zero attached hydrogens (tertiary/aromatic N) is 1. The van der Waals surface area contributed by atoms with Crippen LogP contribution in [0.5, 0.6) is 0 Å². The third-order valence-electron chi connectivity index (χ3n) is 5.18. The maximum Gasteiger partial charge on any atom is 0.270 e. The fourth-order valence-electron chi connectivity index (χ4n) is 3.72. The second-order valence-electron chi connectivity index (χ2n) is 7.21. The summed E-state index contributed by atoms with van der Waals surface area (Å²) >= 11 is 0. The Morgan fingerprint density at radius 2 is 1.25 bits per heavy atom. The van der Waals surface area contributed by atoms with E-state index in [1.807, 2.05) is 66.7 Å². The van der Waals surface area contributed by atoms with Gasteiger partial charge in [-0.1, -0.05) is 48.2 Å². The molecule has 0 aliphatic carbocycles. The molecule has 5 heteroatoms. The fraction of sp³-hybridized carbons (Fsp3) is 0. The van der Waals surface area contributed by atoms with Gasteiger partial charge in [0.15, 0.2) is 14.3 Å². The zero-order chi connectivity index (χ0) is 22.1. The lowest BCUT2D eigenvalue weighted by atomic mass is 10.1. The Balaban J connectivity index is 1.68. The van der Waals surface area contributed by atoms with Gasteiger partial charge in [-0.15, -0.1) is 0 Å². The lowest BCUT2D eigenvalue weighted by molar-refractivity contribution is -0.384. The predicted octanol–water partition coefficient (Wildman–Crippen LogP) is 6.40. The van der Waals surface area contributed by atoms with E-state index >= 15 is 0 Å². The van der Waals surface area contributed by atoms with Crippen molar-refractivity contribution in [2.24, 2.45) is 0 Å². The van der Waals surface area contributed by atoms with Crippen molar-refractivity contribution in [2.45, 2.75) is 0 Å². The second kappa shape index (κ2) is 8.10. The Hall–Kier alpha value is -4.27. The van der Waals surface area contributed by atoms with Gasteiger partial charge in [0.25, 0.3) is 5.69 Å². The summed E-state index contributed by atoms with van der Waals surface area (Å²) in [6.07, 6.45) is 0. The molecular formula is C27H16NO3S+. The van der Waals surface area contributed by atoms with Crippen molar-refractivity contribution in [1.82, 2.24) is 0 Å². The molecular weight excluding hydrogens is 418 g/mol. The molecule has 5 rings (SSSR count). The zero-order valence-corrected chi connectivity index (χ0v) is 17.6. The van der Waals surface area contributed by atoms with Crippen molar-refractivity contribution < 1.29 is 4.92 Å². The van der Waals surface area contributed by atoms with Gasteiger partial charge in [0.05, 0.1) is 15.7 Å². The molecule has 32 heavy (non-hydrogen) atoms. The lowest BCUT2D eigenvalue weighted by Crippen LogP contribution is -2.01. The number of hydrogen-bond acceptors (Lipinski definition) is 3. The summed E-state index contributed by atoms with van der Waals surface area (Å²) in [5.41, 5.74) is 1.48. The first kappa shape index (κ1) is 19.7. The molecule has 0 bridgehead atoms. The van der Waals surface area contributed by atoms with E-state index in [4.69, 9.17) is 0 Å². The molecule has 4 aromatic carbocycles. The first-order chi connectivity index (χ1) is 15.6. The minimum absolute atomic E-state index is 0.0205. The molecule has 0 unspecified atom stereocenters. The van der Waals surface area contributed by atoms with Crippen LogP contribution in [0.4, 0.5) is 5.69 Å². The highest BCUT2D eigenvalue weighted by Gasteiger charge is 2.22. The van der Waals surface area contributed by atoms with Crippen molar-refractivity contribution in [3.8, 4) is 16.7 Å². The Bertz CT molecular complexity index is 1580. The summed E-state index contributed by atoms with van der Waals surface area (Å²) in [4.78, 5) is 24.7. The van der Waals surface area contributed by atoms with Gasteiger partial charge in [-0.25, -0.2) is 0 Å². The van der Waals surface area contributed by atoms with Crippen LogP contribution in [0, 0.1) is 22.0 Å². The van der Waals surface area contributed by atoms with Gasteiger partial charge in [0.1, 0.15) is 0 Å². The molecule has 0 fully saturated rings. The Morgan fingerprint density at radius 1 is 0.688 bits per heavy atom. The van der Waals surface area contributed by atoms with Gasteiger partial charge >= 0.3 is 0 Å². The van der Waals surface area contributed by atoms with Crippen LogP contribution in [0.3, 0.4) is 0 Å². The van der Waals surface area contributed by atoms with Crippen LogP contribution < -0.4 is 5.43 Å². The van der Waals surface area contributed by atoms with E-state index in [0.29, 0.717) is 5.56 Å². The molecule has 5 aromatic rings. The topological polar surface area (TPSA) is 60.2 Å². The van der Waals surface area contributed by atoms with Gasteiger partial charge in [-0.2, -0.15) is 0 Å². The maximum absolute atomic E-state index is 13.0. The Labute approximate surface area is 186 Å². The van der Waals surface area contributed by atoms with Gasteiger partial charge in [-0.3, -0.25) is 14.9 Å². The van der Waals surface area contributed by atoms with E-state index in [2.05, 4.69) is 17.9 Å². The molecule has 0 saturated carbocycles. The number of nitro benzene ring substituents is 1. The summed E-state index contributed by atoms with van der Waals surface area (Å²) in [6, 6.07) is 29.8. The van der Waals surface area contributed by atoms with Crippen LogP contribution in [0.1, 0.15) is 11.1 Å². The van der Waals surface area contributed by atoms with Crippen LogP contribution in [-0.2, 0) is 0 Å². The third kappa shape index (κ3) is 3.53. The summed E-state index contributed by atoms with van der Waals surface area (Å²) < 4.78 is 2.03. The average molecular weight is 434 g/mol. The van der Waals surface area contributed by atoms with Crippen LogP contribution in [0.15, 0.2) is 102 Å². The van der Waals surface area contributed by atoms with E-state index in [9.17, 15) is 14.9 Å². The van der Waals surface area contributed by atoms with Crippen LogP contribution in [0.2, 0.25) is 0 Å². The summed E-state index contributed by atoms with van der Waals surface area (Å²) in [5, 5.41) is 12.5. The lowest BCUT2D eigenvalue weighted by Gasteiger charge is -2.03. The Morgan fingerprint density at radius 3 is 1.88 bits per heavy atom. The number of non-ortho nitro benzene ring substituents is 1. The predicted molar refractivity (Wildman–Crippen MR) is 131 cm³/mol. The van der Waals surface area contributed by atoms with Crippen LogP contribution in [0.25, 0.3) is 25.1 Å². The SMILES string of the molecule is O=c1c2ccccc2[s+](-c2cccc(C#Cc3cccc([N+](=O)[O-])c3)c2)c2ccccc12. The standard InChI is InChI=1S/C27H16NO3S/c29-27-23-11-1-3-13-25(23)32(26-14-4-2-12-24(26)27)22-10-6-8-20(18-22)16-15-19-7-5-9-21(17-19)28(30)31/h1-14,17-18H/q+1. The number of nitro groups is 1. The van der Waals surface area contributed by atoms with Crippen molar-refractivity contribution in [2.75, 3.05) is 0 Å². The van der Waals surface area contributed by atoms with Gasteiger partial charge < -0.3 is 0 Å². The second-order valence-corrected chi connectivity index (χ2v) is 9.18. The molecule has 1 heterocycles. The minimum atomic E-state index is -0.425. The number of fused-ring (bicyclic) bond motifs is 2. The molecule has 0 aliphatic rings. The van der Waals surface area contributed by atoms with Gasteiger partial charge in [0.2, 0.25) is 5.43 Å². The molecule has 0 aliphatic heterocycles. The van der Waals surface area contributed by atoms with E-state index in [1.54, 1.807) is 12.1 Å². The van der Waals surface area contributed by atoms with Crippen LogP contribution in [-0.4, -0.2) is 4.92 Å². The first-order valence-electron chi connectivity index (χ1n) is 9.95. The first-order valence-corrected chi connectivity index (χ1v) is 11.2. The number of hydrogen-bond donors (Lipinski definition) is 0. The van der Waals surface area contributed by atoms with Crippen molar-refractivity contribution in [1.29, 1.82) is 0 Å². The largest absolute Gasteiger partial charge is 0.288 e.